The Labute approximate surface area is 169 Å². The fourth-order valence-corrected chi connectivity index (χ4v) is 3.45. The Morgan fingerprint density at radius 1 is 1.28 bits per heavy atom. The Morgan fingerprint density at radius 3 is 2.97 bits per heavy atom. The lowest BCUT2D eigenvalue weighted by molar-refractivity contribution is -0.115. The van der Waals surface area contributed by atoms with Gasteiger partial charge in [0.25, 0.3) is 5.91 Å². The van der Waals surface area contributed by atoms with Gasteiger partial charge in [-0.3, -0.25) is 14.6 Å². The van der Waals surface area contributed by atoms with Crippen LogP contribution in [-0.2, 0) is 4.79 Å². The van der Waals surface area contributed by atoms with Crippen molar-refractivity contribution >= 4 is 39.2 Å². The summed E-state index contributed by atoms with van der Waals surface area (Å²) in [5.41, 5.74) is 2.75. The number of hydrogen-bond donors (Lipinski definition) is 3. The first kappa shape index (κ1) is 18.6. The number of fused-ring (bicyclic) bond motifs is 1. The molecule has 2 amide bonds. The standard InChI is InChI=1S/C19H16N6O3S/c1-28-11-2-3-14-12(6-11)13(7-22-14)16-10-29-19(24-16)25-17(26)9-23-18(27)15-8-20-4-5-21-15/h2-8,10,22H,9H2,1H3,(H,23,27)(H,24,25,26). The molecule has 1 aromatic carbocycles. The van der Waals surface area contributed by atoms with E-state index in [4.69, 9.17) is 4.74 Å². The highest BCUT2D eigenvalue weighted by Gasteiger charge is 2.14. The lowest BCUT2D eigenvalue weighted by Crippen LogP contribution is -2.33. The molecule has 0 unspecified atom stereocenters. The van der Waals surface area contributed by atoms with Crippen LogP contribution >= 0.6 is 11.3 Å². The van der Waals surface area contributed by atoms with Gasteiger partial charge in [-0.25, -0.2) is 9.97 Å². The lowest BCUT2D eigenvalue weighted by atomic mass is 10.1. The van der Waals surface area contributed by atoms with Gasteiger partial charge in [-0.05, 0) is 18.2 Å². The average Bonchev–Trinajstić information content (AvgIpc) is 3.38. The third kappa shape index (κ3) is 4.06. The van der Waals surface area contributed by atoms with Crippen LogP contribution in [0.1, 0.15) is 10.5 Å². The van der Waals surface area contributed by atoms with E-state index in [0.29, 0.717) is 5.13 Å². The van der Waals surface area contributed by atoms with E-state index in [0.717, 1.165) is 27.9 Å². The number of amides is 2. The maximum Gasteiger partial charge on any atom is 0.271 e. The number of benzene rings is 1. The number of H-pyrrole nitrogens is 1. The Hall–Kier alpha value is -3.79. The van der Waals surface area contributed by atoms with E-state index in [1.807, 2.05) is 29.8 Å². The van der Waals surface area contributed by atoms with E-state index < -0.39 is 5.91 Å². The Kier molecular flexibility index (Phi) is 5.16. The minimum absolute atomic E-state index is 0.145. The molecule has 4 rings (SSSR count). The molecule has 0 radical (unpaired) electrons. The van der Waals surface area contributed by atoms with Crippen molar-refractivity contribution in [3.05, 3.63) is 54.1 Å². The number of rotatable bonds is 6. The lowest BCUT2D eigenvalue weighted by Gasteiger charge is -2.04. The van der Waals surface area contributed by atoms with E-state index in [-0.39, 0.29) is 18.1 Å². The summed E-state index contributed by atoms with van der Waals surface area (Å²) in [6.07, 6.45) is 6.07. The SMILES string of the molecule is COc1ccc2[nH]cc(-c3csc(NC(=O)CNC(=O)c4cnccn4)n3)c2c1. The summed E-state index contributed by atoms with van der Waals surface area (Å²) in [5.74, 6) is -0.106. The first-order chi connectivity index (χ1) is 14.1. The van der Waals surface area contributed by atoms with E-state index in [9.17, 15) is 9.59 Å². The fourth-order valence-electron chi connectivity index (χ4n) is 2.72. The van der Waals surface area contributed by atoms with Crippen LogP contribution in [-0.4, -0.2) is 45.4 Å². The van der Waals surface area contributed by atoms with E-state index >= 15 is 0 Å². The zero-order valence-electron chi connectivity index (χ0n) is 15.3. The molecular formula is C19H16N6O3S. The highest BCUT2D eigenvalue weighted by atomic mass is 32.1. The maximum atomic E-state index is 12.1. The summed E-state index contributed by atoms with van der Waals surface area (Å²) < 4.78 is 5.29. The average molecular weight is 408 g/mol. The molecule has 0 aliphatic carbocycles. The van der Waals surface area contributed by atoms with Crippen molar-refractivity contribution in [2.24, 2.45) is 0 Å². The van der Waals surface area contributed by atoms with Gasteiger partial charge in [0.05, 0.1) is 25.5 Å². The topological polar surface area (TPSA) is 122 Å². The maximum absolute atomic E-state index is 12.1. The molecule has 0 spiro atoms. The van der Waals surface area contributed by atoms with Crippen molar-refractivity contribution < 1.29 is 14.3 Å². The van der Waals surface area contributed by atoms with Crippen LogP contribution in [0.5, 0.6) is 5.75 Å². The van der Waals surface area contributed by atoms with Crippen molar-refractivity contribution in [1.82, 2.24) is 25.3 Å². The van der Waals surface area contributed by atoms with Crippen LogP contribution < -0.4 is 15.4 Å². The molecule has 3 N–H and O–H groups in total. The summed E-state index contributed by atoms with van der Waals surface area (Å²) in [6.45, 7) is -0.200. The van der Waals surface area contributed by atoms with Crippen molar-refractivity contribution in [3.8, 4) is 17.0 Å². The number of hydrogen-bond acceptors (Lipinski definition) is 7. The van der Waals surface area contributed by atoms with Gasteiger partial charge in [-0.1, -0.05) is 0 Å². The number of thiazole rings is 1. The summed E-state index contributed by atoms with van der Waals surface area (Å²) in [6, 6.07) is 5.75. The molecule has 0 aliphatic heterocycles. The number of methoxy groups -OCH3 is 1. The molecule has 9 nitrogen and oxygen atoms in total. The van der Waals surface area contributed by atoms with Gasteiger partial charge in [0, 0.05) is 40.4 Å². The molecule has 4 aromatic rings. The van der Waals surface area contributed by atoms with Crippen molar-refractivity contribution in [2.45, 2.75) is 0 Å². The van der Waals surface area contributed by atoms with Crippen molar-refractivity contribution in [3.63, 3.8) is 0 Å². The normalized spacial score (nSPS) is 10.7. The van der Waals surface area contributed by atoms with Gasteiger partial charge in [0.1, 0.15) is 11.4 Å². The molecule has 146 valence electrons. The van der Waals surface area contributed by atoms with Gasteiger partial charge < -0.3 is 20.4 Å². The first-order valence-corrected chi connectivity index (χ1v) is 9.47. The predicted molar refractivity (Wildman–Crippen MR) is 109 cm³/mol. The van der Waals surface area contributed by atoms with Gasteiger partial charge in [-0.2, -0.15) is 0 Å². The second-order valence-corrected chi connectivity index (χ2v) is 6.83. The van der Waals surface area contributed by atoms with Gasteiger partial charge >= 0.3 is 0 Å². The minimum atomic E-state index is -0.471. The second kappa shape index (κ2) is 8.07. The zero-order chi connectivity index (χ0) is 20.2. The van der Waals surface area contributed by atoms with Crippen LogP contribution in [0.3, 0.4) is 0 Å². The molecule has 10 heteroatoms. The summed E-state index contributed by atoms with van der Waals surface area (Å²) in [4.78, 5) is 39.4. The molecule has 0 saturated heterocycles. The van der Waals surface area contributed by atoms with E-state index in [2.05, 4.69) is 30.6 Å². The largest absolute Gasteiger partial charge is 0.497 e. The first-order valence-electron chi connectivity index (χ1n) is 8.59. The van der Waals surface area contributed by atoms with Crippen LogP contribution in [0, 0.1) is 0 Å². The molecule has 0 bridgehead atoms. The quantitative estimate of drug-likeness (QED) is 0.450. The molecule has 0 saturated carbocycles. The highest BCUT2D eigenvalue weighted by Crippen LogP contribution is 2.32. The number of carbonyl (C=O) groups is 2. The summed E-state index contributed by atoms with van der Waals surface area (Å²) in [7, 11) is 1.62. The number of nitrogens with zero attached hydrogens (tertiary/aromatic N) is 3. The number of anilines is 1. The minimum Gasteiger partial charge on any atom is -0.497 e. The number of aromatic nitrogens is 4. The van der Waals surface area contributed by atoms with E-state index in [1.165, 1.54) is 29.9 Å². The molecular weight excluding hydrogens is 392 g/mol. The fraction of sp³-hybridized carbons (Fsp3) is 0.105. The second-order valence-electron chi connectivity index (χ2n) is 5.97. The van der Waals surface area contributed by atoms with Crippen LogP contribution in [0.4, 0.5) is 5.13 Å². The summed E-state index contributed by atoms with van der Waals surface area (Å²) in [5, 5.41) is 8.45. The third-order valence-electron chi connectivity index (χ3n) is 4.12. The number of aromatic amines is 1. The highest BCUT2D eigenvalue weighted by molar-refractivity contribution is 7.14. The Balaban J connectivity index is 1.42. The number of nitrogens with one attached hydrogen (secondary N) is 3. The van der Waals surface area contributed by atoms with Gasteiger partial charge in [0.2, 0.25) is 5.91 Å². The third-order valence-corrected chi connectivity index (χ3v) is 4.88. The summed E-state index contributed by atoms with van der Waals surface area (Å²) >= 11 is 1.30. The Bertz CT molecular complexity index is 1170. The van der Waals surface area contributed by atoms with E-state index in [1.54, 1.807) is 7.11 Å². The Morgan fingerprint density at radius 2 is 2.17 bits per heavy atom. The van der Waals surface area contributed by atoms with Crippen molar-refractivity contribution in [2.75, 3.05) is 19.0 Å². The van der Waals surface area contributed by atoms with Gasteiger partial charge in [-0.15, -0.1) is 11.3 Å². The number of ether oxygens (including phenoxy) is 1. The molecule has 0 aliphatic rings. The van der Waals surface area contributed by atoms with Gasteiger partial charge in [0.15, 0.2) is 5.13 Å². The molecule has 0 atom stereocenters. The predicted octanol–water partition coefficient (Wildman–Crippen LogP) is 2.46. The molecule has 29 heavy (non-hydrogen) atoms. The zero-order valence-corrected chi connectivity index (χ0v) is 16.1. The molecule has 3 aromatic heterocycles. The monoisotopic (exact) mass is 408 g/mol. The van der Waals surface area contributed by atoms with Crippen molar-refractivity contribution in [1.29, 1.82) is 0 Å². The molecule has 0 fully saturated rings. The van der Waals surface area contributed by atoms with Crippen LogP contribution in [0.15, 0.2) is 48.4 Å². The number of carbonyl (C=O) groups excluding carboxylic acids is 2. The molecule has 3 heterocycles. The van der Waals surface area contributed by atoms with Crippen LogP contribution in [0.25, 0.3) is 22.2 Å². The smallest absolute Gasteiger partial charge is 0.271 e. The van der Waals surface area contributed by atoms with Crippen LogP contribution in [0.2, 0.25) is 0 Å².